The summed E-state index contributed by atoms with van der Waals surface area (Å²) in [5, 5.41) is 2.89. The van der Waals surface area contributed by atoms with E-state index in [4.69, 9.17) is 0 Å². The molecule has 0 radical (unpaired) electrons. The van der Waals surface area contributed by atoms with Crippen molar-refractivity contribution in [1.29, 1.82) is 0 Å². The Hall–Kier alpha value is -1.06. The number of carbonyl (C=O) groups is 2. The molecule has 2 rings (SSSR count). The van der Waals surface area contributed by atoms with Crippen molar-refractivity contribution in [2.75, 3.05) is 6.54 Å². The van der Waals surface area contributed by atoms with E-state index in [2.05, 4.69) is 5.32 Å². The summed E-state index contributed by atoms with van der Waals surface area (Å²) in [7, 11) is 0. The Morgan fingerprint density at radius 1 is 1.36 bits per heavy atom. The van der Waals surface area contributed by atoms with Crippen molar-refractivity contribution < 1.29 is 9.59 Å². The molecule has 0 spiro atoms. The minimum Gasteiger partial charge on any atom is -0.350 e. The number of fused-ring (bicyclic) bond motifs is 1. The molecule has 0 aromatic carbocycles. The molecular formula is C10H16N2O2. The fraction of sp³-hybridized carbons (Fsp3) is 0.800. The second-order valence-corrected chi connectivity index (χ2v) is 4.22. The lowest BCUT2D eigenvalue weighted by Crippen LogP contribution is -2.60. The highest BCUT2D eigenvalue weighted by molar-refractivity contribution is 5.89. The molecule has 2 unspecified atom stereocenters. The third-order valence-corrected chi connectivity index (χ3v) is 2.98. The van der Waals surface area contributed by atoms with E-state index in [1.165, 1.54) is 0 Å². The van der Waals surface area contributed by atoms with E-state index in [1.54, 1.807) is 4.90 Å². The number of piperazine rings is 1. The number of hydrogen-bond acceptors (Lipinski definition) is 2. The largest absolute Gasteiger partial charge is 0.350 e. The molecule has 4 heteroatoms. The van der Waals surface area contributed by atoms with Crippen LogP contribution in [0.25, 0.3) is 0 Å². The molecule has 1 N–H and O–H groups in total. The van der Waals surface area contributed by atoms with Gasteiger partial charge in [-0.15, -0.1) is 0 Å². The molecule has 2 aliphatic rings. The van der Waals surface area contributed by atoms with E-state index in [0.717, 1.165) is 19.3 Å². The zero-order valence-corrected chi connectivity index (χ0v) is 8.45. The van der Waals surface area contributed by atoms with E-state index in [9.17, 15) is 9.59 Å². The number of nitrogens with one attached hydrogen (secondary N) is 1. The van der Waals surface area contributed by atoms with Crippen LogP contribution in [-0.2, 0) is 9.59 Å². The van der Waals surface area contributed by atoms with E-state index in [-0.39, 0.29) is 23.9 Å². The Bertz CT molecular complexity index is 263. The van der Waals surface area contributed by atoms with Gasteiger partial charge in [0.1, 0.15) is 6.04 Å². The van der Waals surface area contributed by atoms with E-state index in [0.29, 0.717) is 13.0 Å². The fourth-order valence-corrected chi connectivity index (χ4v) is 2.27. The number of hydrogen-bond donors (Lipinski definition) is 1. The molecular weight excluding hydrogens is 180 g/mol. The molecule has 0 aromatic rings. The quantitative estimate of drug-likeness (QED) is 0.605. The van der Waals surface area contributed by atoms with Crippen molar-refractivity contribution in [1.82, 2.24) is 10.2 Å². The maximum absolute atomic E-state index is 11.7. The summed E-state index contributed by atoms with van der Waals surface area (Å²) in [5.74, 6) is 0.174. The van der Waals surface area contributed by atoms with Gasteiger partial charge < -0.3 is 10.2 Å². The maximum Gasteiger partial charge on any atom is 0.243 e. The van der Waals surface area contributed by atoms with Gasteiger partial charge in [-0.3, -0.25) is 9.59 Å². The highest BCUT2D eigenvalue weighted by Crippen LogP contribution is 2.20. The van der Waals surface area contributed by atoms with Crippen molar-refractivity contribution in [3.8, 4) is 0 Å². The third-order valence-electron chi connectivity index (χ3n) is 2.98. The smallest absolute Gasteiger partial charge is 0.243 e. The monoisotopic (exact) mass is 196 g/mol. The van der Waals surface area contributed by atoms with E-state index in [1.807, 2.05) is 6.92 Å². The van der Waals surface area contributed by atoms with Crippen LogP contribution < -0.4 is 5.32 Å². The van der Waals surface area contributed by atoms with Gasteiger partial charge in [-0.2, -0.15) is 0 Å². The van der Waals surface area contributed by atoms with Gasteiger partial charge >= 0.3 is 0 Å². The van der Waals surface area contributed by atoms with Crippen LogP contribution >= 0.6 is 0 Å². The van der Waals surface area contributed by atoms with Crippen LogP contribution in [0.15, 0.2) is 0 Å². The number of carbonyl (C=O) groups excluding carboxylic acids is 2. The molecule has 0 saturated carbocycles. The predicted octanol–water partition coefficient (Wildman–Crippen LogP) is 0.276. The lowest BCUT2D eigenvalue weighted by Gasteiger charge is -2.37. The lowest BCUT2D eigenvalue weighted by atomic mass is 10.1. The minimum atomic E-state index is -0.193. The first kappa shape index (κ1) is 9.49. The van der Waals surface area contributed by atoms with Gasteiger partial charge in [0, 0.05) is 19.0 Å². The number of nitrogens with zero attached hydrogens (tertiary/aromatic N) is 1. The van der Waals surface area contributed by atoms with E-state index >= 15 is 0 Å². The van der Waals surface area contributed by atoms with Crippen molar-refractivity contribution in [2.45, 2.75) is 44.7 Å². The molecule has 2 atom stereocenters. The zero-order chi connectivity index (χ0) is 10.1. The summed E-state index contributed by atoms with van der Waals surface area (Å²) < 4.78 is 0. The fourth-order valence-electron chi connectivity index (χ4n) is 2.27. The molecule has 2 heterocycles. The van der Waals surface area contributed by atoms with Crippen LogP contribution in [0.2, 0.25) is 0 Å². The highest BCUT2D eigenvalue weighted by Gasteiger charge is 2.36. The molecule has 2 aliphatic heterocycles. The summed E-state index contributed by atoms with van der Waals surface area (Å²) in [6, 6.07) is -0.0954. The molecule has 4 nitrogen and oxygen atoms in total. The van der Waals surface area contributed by atoms with Crippen LogP contribution in [0.1, 0.15) is 32.6 Å². The predicted molar refractivity (Wildman–Crippen MR) is 51.6 cm³/mol. The first-order chi connectivity index (χ1) is 6.68. The lowest BCUT2D eigenvalue weighted by molar-refractivity contribution is -0.143. The zero-order valence-electron chi connectivity index (χ0n) is 8.45. The molecule has 0 aliphatic carbocycles. The Morgan fingerprint density at radius 2 is 2.14 bits per heavy atom. The standard InChI is InChI=1S/C10H16N2O2/c1-7-6-12-8(10(14)11-7)4-2-3-5-9(12)13/h7-8H,2-6H2,1H3,(H,11,14). The molecule has 2 fully saturated rings. The summed E-state index contributed by atoms with van der Waals surface area (Å²) in [5.41, 5.74) is 0. The Kier molecular flexibility index (Phi) is 2.44. The molecule has 2 saturated heterocycles. The Balaban J connectivity index is 2.18. The summed E-state index contributed by atoms with van der Waals surface area (Å²) in [6.45, 7) is 2.61. The average Bonchev–Trinajstić information content (AvgIpc) is 2.29. The summed E-state index contributed by atoms with van der Waals surface area (Å²) in [6.07, 6.45) is 3.34. The topological polar surface area (TPSA) is 49.4 Å². The summed E-state index contributed by atoms with van der Waals surface area (Å²) in [4.78, 5) is 25.1. The van der Waals surface area contributed by atoms with Gasteiger partial charge in [0.25, 0.3) is 0 Å². The van der Waals surface area contributed by atoms with Crippen LogP contribution in [0.3, 0.4) is 0 Å². The van der Waals surface area contributed by atoms with Gasteiger partial charge in [0.2, 0.25) is 11.8 Å². The van der Waals surface area contributed by atoms with Crippen molar-refractivity contribution >= 4 is 11.8 Å². The third kappa shape index (κ3) is 1.61. The minimum absolute atomic E-state index is 0.0269. The Morgan fingerprint density at radius 3 is 2.93 bits per heavy atom. The molecule has 0 bridgehead atoms. The average molecular weight is 196 g/mol. The number of amides is 2. The van der Waals surface area contributed by atoms with Crippen molar-refractivity contribution in [3.05, 3.63) is 0 Å². The maximum atomic E-state index is 11.7. The normalized spacial score (nSPS) is 33.4. The first-order valence-electron chi connectivity index (χ1n) is 5.28. The van der Waals surface area contributed by atoms with Crippen LogP contribution in [0.5, 0.6) is 0 Å². The van der Waals surface area contributed by atoms with Crippen LogP contribution in [-0.4, -0.2) is 35.3 Å². The van der Waals surface area contributed by atoms with Gasteiger partial charge in [-0.05, 0) is 19.8 Å². The highest BCUT2D eigenvalue weighted by atomic mass is 16.2. The summed E-state index contributed by atoms with van der Waals surface area (Å²) >= 11 is 0. The second kappa shape index (κ2) is 3.59. The van der Waals surface area contributed by atoms with Gasteiger partial charge in [0.05, 0.1) is 0 Å². The van der Waals surface area contributed by atoms with Crippen molar-refractivity contribution in [3.63, 3.8) is 0 Å². The van der Waals surface area contributed by atoms with Crippen LogP contribution in [0.4, 0.5) is 0 Å². The molecule has 2 amide bonds. The van der Waals surface area contributed by atoms with Gasteiger partial charge in [0.15, 0.2) is 0 Å². The number of rotatable bonds is 0. The van der Waals surface area contributed by atoms with Crippen molar-refractivity contribution in [2.24, 2.45) is 0 Å². The first-order valence-corrected chi connectivity index (χ1v) is 5.28. The molecule has 0 aromatic heterocycles. The Labute approximate surface area is 83.6 Å². The molecule has 78 valence electrons. The van der Waals surface area contributed by atoms with E-state index < -0.39 is 0 Å². The van der Waals surface area contributed by atoms with Crippen LogP contribution in [0, 0.1) is 0 Å². The van der Waals surface area contributed by atoms with Gasteiger partial charge in [-0.1, -0.05) is 6.42 Å². The van der Waals surface area contributed by atoms with Gasteiger partial charge in [-0.25, -0.2) is 0 Å². The second-order valence-electron chi connectivity index (χ2n) is 4.22. The SMILES string of the molecule is CC1CN2C(=O)CCCCC2C(=O)N1. The molecule has 14 heavy (non-hydrogen) atoms.